The molecule has 0 fully saturated rings. The standard InChI is InChI=1S/C16H20N4O2.ClH/c1-10(22-2)11-4-3-5-12(8-11)18-16(21)15-13-9-17-7-6-14(13)19-20-15;/h3-5,8,10,17H,6-7,9H2,1-2H3,(H,18,21)(H,19,20);1H. The number of benzene rings is 1. The topological polar surface area (TPSA) is 79.0 Å². The molecule has 3 rings (SSSR count). The molecule has 7 heteroatoms. The van der Waals surface area contributed by atoms with Crippen LogP contribution in [0.1, 0.15) is 40.3 Å². The summed E-state index contributed by atoms with van der Waals surface area (Å²) >= 11 is 0. The second-order valence-corrected chi connectivity index (χ2v) is 5.41. The first-order valence-electron chi connectivity index (χ1n) is 7.40. The summed E-state index contributed by atoms with van der Waals surface area (Å²) in [5.74, 6) is -0.191. The zero-order valence-electron chi connectivity index (χ0n) is 13.2. The number of hydrogen-bond donors (Lipinski definition) is 3. The number of nitrogens with zero attached hydrogens (tertiary/aromatic N) is 1. The van der Waals surface area contributed by atoms with E-state index in [0.717, 1.165) is 35.5 Å². The van der Waals surface area contributed by atoms with E-state index in [-0.39, 0.29) is 24.4 Å². The van der Waals surface area contributed by atoms with Gasteiger partial charge >= 0.3 is 0 Å². The van der Waals surface area contributed by atoms with Gasteiger partial charge in [-0.1, -0.05) is 12.1 Å². The fourth-order valence-corrected chi connectivity index (χ4v) is 2.61. The molecule has 1 aromatic carbocycles. The molecule has 0 radical (unpaired) electrons. The molecule has 1 aliphatic heterocycles. The summed E-state index contributed by atoms with van der Waals surface area (Å²) < 4.78 is 5.30. The molecule has 0 aliphatic carbocycles. The van der Waals surface area contributed by atoms with Crippen LogP contribution in [0.15, 0.2) is 24.3 Å². The number of aromatic amines is 1. The molecule has 1 aliphatic rings. The smallest absolute Gasteiger partial charge is 0.276 e. The van der Waals surface area contributed by atoms with Crippen LogP contribution >= 0.6 is 12.4 Å². The molecular weight excluding hydrogens is 316 g/mol. The zero-order valence-corrected chi connectivity index (χ0v) is 14.0. The largest absolute Gasteiger partial charge is 0.377 e. The van der Waals surface area contributed by atoms with Crippen LogP contribution in [0.3, 0.4) is 0 Å². The first-order valence-corrected chi connectivity index (χ1v) is 7.40. The summed E-state index contributed by atoms with van der Waals surface area (Å²) in [6, 6.07) is 7.66. The van der Waals surface area contributed by atoms with Crippen molar-refractivity contribution in [3.63, 3.8) is 0 Å². The van der Waals surface area contributed by atoms with Crippen molar-refractivity contribution in [1.29, 1.82) is 0 Å². The molecule has 0 bridgehead atoms. The highest BCUT2D eigenvalue weighted by molar-refractivity contribution is 6.04. The third kappa shape index (κ3) is 3.72. The Hall–Kier alpha value is -1.89. The predicted molar refractivity (Wildman–Crippen MR) is 91.1 cm³/mol. The highest BCUT2D eigenvalue weighted by Gasteiger charge is 2.21. The molecule has 1 unspecified atom stereocenters. The molecule has 124 valence electrons. The SMILES string of the molecule is COC(C)c1cccc(NC(=O)c2n[nH]c3c2CNCC3)c1.Cl. The lowest BCUT2D eigenvalue weighted by atomic mass is 10.1. The van der Waals surface area contributed by atoms with E-state index in [0.29, 0.717) is 12.2 Å². The molecular formula is C16H21ClN4O2. The molecule has 2 heterocycles. The molecule has 23 heavy (non-hydrogen) atoms. The van der Waals surface area contributed by atoms with Crippen molar-refractivity contribution in [1.82, 2.24) is 15.5 Å². The van der Waals surface area contributed by atoms with Gasteiger partial charge in [0.1, 0.15) is 0 Å². The van der Waals surface area contributed by atoms with Gasteiger partial charge in [0.25, 0.3) is 5.91 Å². The van der Waals surface area contributed by atoms with Crippen LogP contribution in [0.4, 0.5) is 5.69 Å². The number of aromatic nitrogens is 2. The van der Waals surface area contributed by atoms with Gasteiger partial charge in [-0.2, -0.15) is 5.10 Å². The third-order valence-corrected chi connectivity index (χ3v) is 3.99. The molecule has 1 atom stereocenters. The van der Waals surface area contributed by atoms with Crippen LogP contribution in [0, 0.1) is 0 Å². The number of hydrogen-bond acceptors (Lipinski definition) is 4. The molecule has 0 saturated carbocycles. The van der Waals surface area contributed by atoms with Gasteiger partial charge < -0.3 is 15.4 Å². The van der Waals surface area contributed by atoms with Gasteiger partial charge in [-0.25, -0.2) is 0 Å². The second-order valence-electron chi connectivity index (χ2n) is 5.41. The van der Waals surface area contributed by atoms with Gasteiger partial charge in [-0.15, -0.1) is 12.4 Å². The molecule has 0 saturated heterocycles. The van der Waals surface area contributed by atoms with Crippen LogP contribution in [0.5, 0.6) is 0 Å². The van der Waals surface area contributed by atoms with Gasteiger partial charge in [0.05, 0.1) is 6.10 Å². The summed E-state index contributed by atoms with van der Waals surface area (Å²) in [7, 11) is 1.67. The zero-order chi connectivity index (χ0) is 15.5. The fraction of sp³-hybridized carbons (Fsp3) is 0.375. The molecule has 3 N–H and O–H groups in total. The number of carbonyl (C=O) groups is 1. The van der Waals surface area contributed by atoms with Crippen molar-refractivity contribution < 1.29 is 9.53 Å². The Kier molecular flexibility index (Phi) is 5.76. The number of anilines is 1. The van der Waals surface area contributed by atoms with E-state index >= 15 is 0 Å². The van der Waals surface area contributed by atoms with Crippen molar-refractivity contribution in [3.05, 3.63) is 46.8 Å². The second kappa shape index (κ2) is 7.59. The number of carbonyl (C=O) groups excluding carboxylic acids is 1. The Morgan fingerprint density at radius 3 is 3.04 bits per heavy atom. The van der Waals surface area contributed by atoms with Crippen LogP contribution in [0.25, 0.3) is 0 Å². The Morgan fingerprint density at radius 1 is 1.43 bits per heavy atom. The number of ether oxygens (including phenoxy) is 1. The lowest BCUT2D eigenvalue weighted by Crippen LogP contribution is -2.25. The molecule has 1 aromatic heterocycles. The highest BCUT2D eigenvalue weighted by Crippen LogP contribution is 2.21. The average Bonchev–Trinajstić information content (AvgIpc) is 2.98. The lowest BCUT2D eigenvalue weighted by Gasteiger charge is -2.14. The van der Waals surface area contributed by atoms with Crippen LogP contribution < -0.4 is 10.6 Å². The average molecular weight is 337 g/mol. The van der Waals surface area contributed by atoms with Crippen LogP contribution in [-0.4, -0.2) is 29.8 Å². The quantitative estimate of drug-likeness (QED) is 0.801. The van der Waals surface area contributed by atoms with Gasteiger partial charge in [0.2, 0.25) is 0 Å². The number of nitrogens with one attached hydrogen (secondary N) is 3. The molecule has 1 amide bonds. The summed E-state index contributed by atoms with van der Waals surface area (Å²) in [5.41, 5.74) is 4.24. The summed E-state index contributed by atoms with van der Waals surface area (Å²) in [6.07, 6.45) is 0.857. The number of rotatable bonds is 4. The first-order chi connectivity index (χ1) is 10.7. The summed E-state index contributed by atoms with van der Waals surface area (Å²) in [4.78, 5) is 12.4. The Bertz CT molecular complexity index is 686. The van der Waals surface area contributed by atoms with Crippen LogP contribution in [0.2, 0.25) is 0 Å². The molecule has 6 nitrogen and oxygen atoms in total. The maximum atomic E-state index is 12.4. The van der Waals surface area contributed by atoms with Crippen molar-refractivity contribution in [2.24, 2.45) is 0 Å². The number of fused-ring (bicyclic) bond motifs is 1. The Balaban J connectivity index is 0.00000192. The molecule has 2 aromatic rings. The molecule has 0 spiro atoms. The van der Waals surface area contributed by atoms with Crippen molar-refractivity contribution in [2.75, 3.05) is 19.0 Å². The minimum atomic E-state index is -0.191. The van der Waals surface area contributed by atoms with E-state index in [9.17, 15) is 4.79 Å². The van der Waals surface area contributed by atoms with Crippen molar-refractivity contribution in [3.8, 4) is 0 Å². The van der Waals surface area contributed by atoms with E-state index < -0.39 is 0 Å². The minimum Gasteiger partial charge on any atom is -0.377 e. The third-order valence-electron chi connectivity index (χ3n) is 3.99. The number of amides is 1. The fourth-order valence-electron chi connectivity index (χ4n) is 2.61. The van der Waals surface area contributed by atoms with E-state index in [1.54, 1.807) is 7.11 Å². The normalized spacial score (nSPS) is 14.5. The minimum absolute atomic E-state index is 0. The van der Waals surface area contributed by atoms with Crippen LogP contribution in [-0.2, 0) is 17.7 Å². The number of halogens is 1. The van der Waals surface area contributed by atoms with Gasteiger partial charge in [-0.3, -0.25) is 9.89 Å². The van der Waals surface area contributed by atoms with E-state index in [1.807, 2.05) is 31.2 Å². The van der Waals surface area contributed by atoms with E-state index in [1.165, 1.54) is 0 Å². The maximum Gasteiger partial charge on any atom is 0.276 e. The van der Waals surface area contributed by atoms with Gasteiger partial charge in [0, 0.05) is 43.6 Å². The summed E-state index contributed by atoms with van der Waals surface area (Å²) in [6.45, 7) is 3.55. The Labute approximate surface area is 141 Å². The van der Waals surface area contributed by atoms with Gasteiger partial charge in [0.15, 0.2) is 5.69 Å². The summed E-state index contributed by atoms with van der Waals surface area (Å²) in [5, 5.41) is 13.3. The lowest BCUT2D eigenvalue weighted by molar-refractivity contribution is 0.102. The highest BCUT2D eigenvalue weighted by atomic mass is 35.5. The predicted octanol–water partition coefficient (Wildman–Crippen LogP) is 2.44. The Morgan fingerprint density at radius 2 is 2.26 bits per heavy atom. The van der Waals surface area contributed by atoms with E-state index in [2.05, 4.69) is 20.8 Å². The monoisotopic (exact) mass is 336 g/mol. The number of H-pyrrole nitrogens is 1. The number of methoxy groups -OCH3 is 1. The first kappa shape index (κ1) is 17.5. The van der Waals surface area contributed by atoms with Crippen molar-refractivity contribution in [2.45, 2.75) is 26.0 Å². The maximum absolute atomic E-state index is 12.4. The van der Waals surface area contributed by atoms with Crippen molar-refractivity contribution >= 4 is 24.0 Å². The van der Waals surface area contributed by atoms with E-state index in [4.69, 9.17) is 4.74 Å². The van der Waals surface area contributed by atoms with Gasteiger partial charge in [-0.05, 0) is 24.6 Å².